The van der Waals surface area contributed by atoms with Crippen molar-refractivity contribution in [3.8, 4) is 0 Å². The van der Waals surface area contributed by atoms with Crippen molar-refractivity contribution in [1.29, 1.82) is 0 Å². The molecule has 1 heterocycles. The lowest BCUT2D eigenvalue weighted by Gasteiger charge is -2.07. The minimum absolute atomic E-state index is 0.0842. The molecule has 0 radical (unpaired) electrons. The van der Waals surface area contributed by atoms with Crippen LogP contribution in [0.5, 0.6) is 0 Å². The van der Waals surface area contributed by atoms with Gasteiger partial charge in [-0.25, -0.2) is 14.4 Å². The summed E-state index contributed by atoms with van der Waals surface area (Å²) < 4.78 is 5.32. The molecule has 0 saturated carbocycles. The molecule has 0 atom stereocenters. The van der Waals surface area contributed by atoms with Gasteiger partial charge < -0.3 is 15.2 Å². The van der Waals surface area contributed by atoms with Crippen LogP contribution >= 0.6 is 11.3 Å². The van der Waals surface area contributed by atoms with Crippen LogP contribution in [0.2, 0.25) is 0 Å². The van der Waals surface area contributed by atoms with Gasteiger partial charge in [0.15, 0.2) is 0 Å². The van der Waals surface area contributed by atoms with Gasteiger partial charge in [0.05, 0.1) is 5.56 Å². The molecule has 3 N–H and O–H groups in total. The molecule has 0 spiro atoms. The average Bonchev–Trinajstić information content (AvgIpc) is 3.08. The van der Waals surface area contributed by atoms with Gasteiger partial charge in [-0.05, 0) is 24.5 Å². The maximum absolute atomic E-state index is 12.5. The van der Waals surface area contributed by atoms with E-state index in [0.29, 0.717) is 6.54 Å². The Morgan fingerprint density at radius 3 is 2.39 bits per heavy atom. The summed E-state index contributed by atoms with van der Waals surface area (Å²) in [5.41, 5.74) is 1.02. The number of esters is 1. The monoisotopic (exact) mass is 446 g/mol. The smallest absolute Gasteiger partial charge is 0.349 e. The summed E-state index contributed by atoms with van der Waals surface area (Å²) in [4.78, 5) is 36.6. The third-order valence-corrected chi connectivity index (χ3v) is 5.99. The van der Waals surface area contributed by atoms with E-state index in [0.717, 1.165) is 36.2 Å². The third kappa shape index (κ3) is 7.71. The second-order valence-electron chi connectivity index (χ2n) is 7.28. The first-order valence-corrected chi connectivity index (χ1v) is 11.4. The lowest BCUT2D eigenvalue weighted by atomic mass is 10.1. The number of benzene rings is 1. The molecule has 0 aliphatic rings. The molecule has 0 fully saturated rings. The van der Waals surface area contributed by atoms with E-state index in [4.69, 9.17) is 4.74 Å². The van der Waals surface area contributed by atoms with Gasteiger partial charge in [-0.2, -0.15) is 0 Å². The SMILES string of the molecule is CCCCCCCCNC(=O)Nc1sc(C(=O)OCc2ccccc2)c(C)c1C(=O)O. The van der Waals surface area contributed by atoms with E-state index in [9.17, 15) is 19.5 Å². The van der Waals surface area contributed by atoms with Crippen molar-refractivity contribution >= 4 is 34.3 Å². The van der Waals surface area contributed by atoms with E-state index in [-0.39, 0.29) is 27.6 Å². The normalized spacial score (nSPS) is 10.5. The zero-order chi connectivity index (χ0) is 22.6. The number of nitrogens with one attached hydrogen (secondary N) is 2. The van der Waals surface area contributed by atoms with Crippen LogP contribution in [-0.2, 0) is 11.3 Å². The van der Waals surface area contributed by atoms with Crippen LogP contribution < -0.4 is 10.6 Å². The molecule has 0 unspecified atom stereocenters. The number of unbranched alkanes of at least 4 members (excludes halogenated alkanes) is 5. The van der Waals surface area contributed by atoms with Gasteiger partial charge in [0.25, 0.3) is 0 Å². The minimum Gasteiger partial charge on any atom is -0.478 e. The minimum atomic E-state index is -1.21. The summed E-state index contributed by atoms with van der Waals surface area (Å²) in [5, 5.41) is 15.0. The fraction of sp³-hybridized carbons (Fsp3) is 0.435. The number of urea groups is 1. The summed E-state index contributed by atoms with van der Waals surface area (Å²) in [6.07, 6.45) is 6.65. The number of thiophene rings is 1. The molecule has 2 aromatic rings. The topological polar surface area (TPSA) is 105 Å². The molecular formula is C23H30N2O5S. The molecular weight excluding hydrogens is 416 g/mol. The molecule has 7 nitrogen and oxygen atoms in total. The molecule has 2 rings (SSSR count). The Kier molecular flexibility index (Phi) is 10.0. The van der Waals surface area contributed by atoms with Gasteiger partial charge in [-0.3, -0.25) is 5.32 Å². The number of amides is 2. The Morgan fingerprint density at radius 2 is 1.71 bits per heavy atom. The molecule has 0 aliphatic carbocycles. The van der Waals surface area contributed by atoms with Crippen molar-refractivity contribution in [3.05, 3.63) is 51.9 Å². The third-order valence-electron chi connectivity index (χ3n) is 4.80. The number of carboxylic acids is 1. The molecule has 0 aliphatic heterocycles. The highest BCUT2D eigenvalue weighted by Gasteiger charge is 2.26. The predicted molar refractivity (Wildman–Crippen MR) is 122 cm³/mol. The van der Waals surface area contributed by atoms with Crippen LogP contribution in [0.15, 0.2) is 30.3 Å². The van der Waals surface area contributed by atoms with E-state index >= 15 is 0 Å². The summed E-state index contributed by atoms with van der Waals surface area (Å²) in [6, 6.07) is 8.73. The number of carbonyl (C=O) groups excluding carboxylic acids is 2. The van der Waals surface area contributed by atoms with E-state index in [1.165, 1.54) is 19.3 Å². The van der Waals surface area contributed by atoms with Crippen molar-refractivity contribution in [2.45, 2.75) is 59.0 Å². The van der Waals surface area contributed by atoms with E-state index in [2.05, 4.69) is 17.6 Å². The quantitative estimate of drug-likeness (QED) is 0.291. The molecule has 31 heavy (non-hydrogen) atoms. The molecule has 1 aromatic carbocycles. The second-order valence-corrected chi connectivity index (χ2v) is 8.30. The highest BCUT2D eigenvalue weighted by atomic mass is 32.1. The number of carbonyl (C=O) groups is 3. The van der Waals surface area contributed by atoms with Crippen molar-refractivity contribution in [2.75, 3.05) is 11.9 Å². The van der Waals surface area contributed by atoms with Gasteiger partial charge in [0.1, 0.15) is 16.5 Å². The Labute approximate surface area is 186 Å². The molecule has 168 valence electrons. The Morgan fingerprint density at radius 1 is 1.03 bits per heavy atom. The molecule has 8 heteroatoms. The van der Waals surface area contributed by atoms with Crippen molar-refractivity contribution < 1.29 is 24.2 Å². The standard InChI is InChI=1S/C23H30N2O5S/c1-3-4-5-6-7-11-14-24-23(29)25-20-18(21(26)27)16(2)19(31-20)22(28)30-15-17-12-9-8-10-13-17/h8-10,12-13H,3-7,11,14-15H2,1-2H3,(H,26,27)(H2,24,25,29). The van der Waals surface area contributed by atoms with Crippen LogP contribution in [0.3, 0.4) is 0 Å². The van der Waals surface area contributed by atoms with Gasteiger partial charge in [0.2, 0.25) is 0 Å². The Hall–Kier alpha value is -2.87. The largest absolute Gasteiger partial charge is 0.478 e. The number of aromatic carboxylic acids is 1. The second kappa shape index (κ2) is 12.7. The molecule has 0 saturated heterocycles. The van der Waals surface area contributed by atoms with Crippen LogP contribution in [0.1, 0.15) is 76.6 Å². The first-order valence-electron chi connectivity index (χ1n) is 10.6. The fourth-order valence-electron chi connectivity index (χ4n) is 3.10. The van der Waals surface area contributed by atoms with Crippen molar-refractivity contribution in [3.63, 3.8) is 0 Å². The van der Waals surface area contributed by atoms with Crippen molar-refractivity contribution in [1.82, 2.24) is 5.32 Å². The van der Waals surface area contributed by atoms with Crippen LogP contribution in [-0.4, -0.2) is 29.6 Å². The van der Waals surface area contributed by atoms with Gasteiger partial charge in [-0.1, -0.05) is 69.4 Å². The number of carboxylic acid groups (broad SMARTS) is 1. The average molecular weight is 447 g/mol. The number of hydrogen-bond donors (Lipinski definition) is 3. The highest BCUT2D eigenvalue weighted by molar-refractivity contribution is 7.18. The maximum Gasteiger partial charge on any atom is 0.349 e. The van der Waals surface area contributed by atoms with Crippen LogP contribution in [0, 0.1) is 6.92 Å². The molecule has 2 amide bonds. The molecule has 0 bridgehead atoms. The van der Waals surface area contributed by atoms with Crippen molar-refractivity contribution in [2.24, 2.45) is 0 Å². The zero-order valence-corrected chi connectivity index (χ0v) is 18.8. The predicted octanol–water partition coefficient (Wildman–Crippen LogP) is 5.59. The summed E-state index contributed by atoms with van der Waals surface area (Å²) >= 11 is 0.912. The lowest BCUT2D eigenvalue weighted by molar-refractivity contribution is 0.0477. The number of anilines is 1. The molecule has 1 aromatic heterocycles. The fourth-order valence-corrected chi connectivity index (χ4v) is 4.18. The van der Waals surface area contributed by atoms with Crippen LogP contribution in [0.25, 0.3) is 0 Å². The lowest BCUT2D eigenvalue weighted by Crippen LogP contribution is -2.29. The van der Waals surface area contributed by atoms with E-state index in [1.54, 1.807) is 6.92 Å². The Balaban J connectivity index is 1.94. The first kappa shape index (κ1) is 24.4. The summed E-state index contributed by atoms with van der Waals surface area (Å²) in [6.45, 7) is 4.30. The van der Waals surface area contributed by atoms with E-state index < -0.39 is 18.0 Å². The van der Waals surface area contributed by atoms with Crippen LogP contribution in [0.4, 0.5) is 9.80 Å². The zero-order valence-electron chi connectivity index (χ0n) is 18.0. The van der Waals surface area contributed by atoms with Gasteiger partial charge >= 0.3 is 18.0 Å². The maximum atomic E-state index is 12.5. The van der Waals surface area contributed by atoms with E-state index in [1.807, 2.05) is 30.3 Å². The number of ether oxygens (including phenoxy) is 1. The highest BCUT2D eigenvalue weighted by Crippen LogP contribution is 2.33. The number of rotatable bonds is 12. The summed E-state index contributed by atoms with van der Waals surface area (Å²) in [7, 11) is 0. The first-order chi connectivity index (χ1) is 14.9. The number of hydrogen-bond acceptors (Lipinski definition) is 5. The summed E-state index contributed by atoms with van der Waals surface area (Å²) in [5.74, 6) is -1.82. The van der Waals surface area contributed by atoms with Gasteiger partial charge in [0, 0.05) is 6.54 Å². The Bertz CT molecular complexity index is 880. The van der Waals surface area contributed by atoms with Gasteiger partial charge in [-0.15, -0.1) is 11.3 Å².